The molecule has 2 atom stereocenters. The summed E-state index contributed by atoms with van der Waals surface area (Å²) in [5.41, 5.74) is 8.22. The van der Waals surface area contributed by atoms with Gasteiger partial charge < -0.3 is 11.1 Å². The van der Waals surface area contributed by atoms with E-state index in [1.807, 2.05) is 0 Å². The third-order valence-corrected chi connectivity index (χ3v) is 3.22. The van der Waals surface area contributed by atoms with Gasteiger partial charge in [0.25, 0.3) is 11.8 Å². The van der Waals surface area contributed by atoms with E-state index >= 15 is 0 Å². The van der Waals surface area contributed by atoms with Gasteiger partial charge in [0.2, 0.25) is 0 Å². The molecule has 1 aromatic rings. The predicted molar refractivity (Wildman–Crippen MR) is 95.4 cm³/mol. The minimum atomic E-state index is -1.03. The smallest absolute Gasteiger partial charge is 0.267 e. The second kappa shape index (κ2) is 10.1. The molecule has 0 fully saturated rings. The summed E-state index contributed by atoms with van der Waals surface area (Å²) in [6.07, 6.45) is 0.802. The monoisotopic (exact) mass is 341 g/mol. The third kappa shape index (κ3) is 7.09. The van der Waals surface area contributed by atoms with Crippen molar-refractivity contribution in [1.29, 1.82) is 0 Å². The molecule has 25 heavy (non-hydrogen) atoms. The lowest BCUT2D eigenvalue weighted by Crippen LogP contribution is -2.54. The Bertz CT molecular complexity index is 716. The first-order chi connectivity index (χ1) is 11.8. The van der Waals surface area contributed by atoms with Gasteiger partial charge in [-0.2, -0.15) is 0 Å². The molecule has 0 aliphatic carbocycles. The molecule has 0 aromatic heterocycles. The van der Waals surface area contributed by atoms with Crippen LogP contribution in [0.15, 0.2) is 24.3 Å². The molecule has 1 rings (SSSR count). The van der Waals surface area contributed by atoms with Crippen molar-refractivity contribution >= 4 is 11.8 Å². The van der Waals surface area contributed by atoms with Gasteiger partial charge in [-0.25, -0.2) is 5.48 Å². The molecule has 0 saturated heterocycles. The quantitative estimate of drug-likeness (QED) is 0.365. The van der Waals surface area contributed by atoms with Gasteiger partial charge in [-0.05, 0) is 48.9 Å². The number of carbonyl (C=O) groups is 2. The zero-order valence-electron chi connectivity index (χ0n) is 14.6. The molecular weight excluding hydrogens is 318 g/mol. The number of benzene rings is 1. The van der Waals surface area contributed by atoms with Crippen molar-refractivity contribution in [2.24, 2.45) is 11.7 Å². The summed E-state index contributed by atoms with van der Waals surface area (Å²) in [6.45, 7) is 5.73. The van der Waals surface area contributed by atoms with E-state index in [4.69, 9.17) is 10.9 Å². The molecule has 0 aliphatic heterocycles. The van der Waals surface area contributed by atoms with Crippen LogP contribution in [0.2, 0.25) is 0 Å². The molecule has 0 spiro atoms. The Morgan fingerprint density at radius 2 is 1.80 bits per heavy atom. The molecular formula is C19H23N3O3. The molecule has 1 aromatic carbocycles. The van der Waals surface area contributed by atoms with Crippen molar-refractivity contribution < 1.29 is 14.8 Å². The number of hydrogen-bond donors (Lipinski definition) is 4. The molecule has 0 bridgehead atoms. The Hall–Kier alpha value is -2.80. The highest BCUT2D eigenvalue weighted by molar-refractivity contribution is 5.97. The second-order valence-corrected chi connectivity index (χ2v) is 6.01. The minimum Gasteiger partial charge on any atom is -0.339 e. The summed E-state index contributed by atoms with van der Waals surface area (Å²) in [6, 6.07) is 4.88. The molecule has 0 radical (unpaired) electrons. The minimum absolute atomic E-state index is 0.354. The topological polar surface area (TPSA) is 104 Å². The van der Waals surface area contributed by atoms with Crippen LogP contribution < -0.4 is 16.5 Å². The maximum atomic E-state index is 12.2. The van der Waals surface area contributed by atoms with E-state index in [2.05, 4.69) is 42.8 Å². The van der Waals surface area contributed by atoms with Crippen LogP contribution in [0.1, 0.15) is 43.1 Å². The second-order valence-electron chi connectivity index (χ2n) is 6.01. The number of hydroxylamine groups is 1. The van der Waals surface area contributed by atoms with Crippen molar-refractivity contribution in [2.75, 3.05) is 0 Å². The van der Waals surface area contributed by atoms with Crippen LogP contribution in [-0.4, -0.2) is 29.1 Å². The number of hydrogen-bond acceptors (Lipinski definition) is 4. The molecule has 2 amide bonds. The van der Waals surface area contributed by atoms with Crippen LogP contribution in [-0.2, 0) is 4.79 Å². The van der Waals surface area contributed by atoms with Crippen molar-refractivity contribution in [3.05, 3.63) is 35.4 Å². The van der Waals surface area contributed by atoms with Gasteiger partial charge in [0, 0.05) is 23.6 Å². The fraction of sp³-hybridized carbons (Fsp3) is 0.368. The Balaban J connectivity index is 2.75. The number of nitrogens with one attached hydrogen (secondary N) is 2. The summed E-state index contributed by atoms with van der Waals surface area (Å²) in [5, 5.41) is 11.2. The van der Waals surface area contributed by atoms with Gasteiger partial charge in [0.15, 0.2) is 0 Å². The summed E-state index contributed by atoms with van der Waals surface area (Å²) in [5.74, 6) is 10.7. The number of amides is 2. The highest BCUT2D eigenvalue weighted by Crippen LogP contribution is 2.04. The SMILES string of the molecule is CC(C)CC#CC#Cc1ccc(C(=O)N[C@H](C(=O)NO)[C@@H](C)N)cc1. The lowest BCUT2D eigenvalue weighted by atomic mass is 10.1. The van der Waals surface area contributed by atoms with E-state index in [-0.39, 0.29) is 0 Å². The Labute approximate surface area is 148 Å². The maximum Gasteiger partial charge on any atom is 0.267 e. The van der Waals surface area contributed by atoms with Crippen molar-refractivity contribution in [1.82, 2.24) is 10.8 Å². The summed E-state index contributed by atoms with van der Waals surface area (Å²) in [4.78, 5) is 23.7. The lowest BCUT2D eigenvalue weighted by Gasteiger charge is -2.19. The largest absolute Gasteiger partial charge is 0.339 e. The van der Waals surface area contributed by atoms with E-state index in [1.165, 1.54) is 5.48 Å². The fourth-order valence-corrected chi connectivity index (χ4v) is 1.84. The first-order valence-electron chi connectivity index (χ1n) is 7.94. The molecule has 0 aliphatic rings. The van der Waals surface area contributed by atoms with Crippen LogP contribution in [0.5, 0.6) is 0 Å². The van der Waals surface area contributed by atoms with E-state index < -0.39 is 23.9 Å². The highest BCUT2D eigenvalue weighted by atomic mass is 16.5. The van der Waals surface area contributed by atoms with Crippen molar-refractivity contribution in [3.8, 4) is 23.7 Å². The Morgan fingerprint density at radius 3 is 2.32 bits per heavy atom. The number of rotatable bonds is 5. The van der Waals surface area contributed by atoms with Gasteiger partial charge in [0.05, 0.1) is 0 Å². The van der Waals surface area contributed by atoms with E-state index in [9.17, 15) is 9.59 Å². The zero-order chi connectivity index (χ0) is 18.8. The van der Waals surface area contributed by atoms with Crippen molar-refractivity contribution in [2.45, 2.75) is 39.3 Å². The Morgan fingerprint density at radius 1 is 1.16 bits per heavy atom. The molecule has 132 valence electrons. The van der Waals surface area contributed by atoms with Gasteiger partial charge >= 0.3 is 0 Å². The first kappa shape index (κ1) is 20.2. The van der Waals surface area contributed by atoms with E-state index in [0.717, 1.165) is 12.0 Å². The van der Waals surface area contributed by atoms with Crippen LogP contribution >= 0.6 is 0 Å². The van der Waals surface area contributed by atoms with Gasteiger partial charge in [-0.3, -0.25) is 14.8 Å². The average molecular weight is 341 g/mol. The first-order valence-corrected chi connectivity index (χ1v) is 7.94. The van der Waals surface area contributed by atoms with E-state index in [1.54, 1.807) is 31.2 Å². The zero-order valence-corrected chi connectivity index (χ0v) is 14.6. The van der Waals surface area contributed by atoms with Crippen LogP contribution in [0.25, 0.3) is 0 Å². The number of nitrogens with two attached hydrogens (primary N) is 1. The molecule has 6 heteroatoms. The fourth-order valence-electron chi connectivity index (χ4n) is 1.84. The van der Waals surface area contributed by atoms with E-state index in [0.29, 0.717) is 11.5 Å². The van der Waals surface area contributed by atoms with Crippen LogP contribution in [0.3, 0.4) is 0 Å². The van der Waals surface area contributed by atoms with Crippen molar-refractivity contribution in [3.63, 3.8) is 0 Å². The average Bonchev–Trinajstić information content (AvgIpc) is 2.58. The van der Waals surface area contributed by atoms with Gasteiger partial charge in [0.1, 0.15) is 6.04 Å². The summed E-state index contributed by atoms with van der Waals surface area (Å²) < 4.78 is 0. The molecule has 0 saturated carbocycles. The normalized spacial score (nSPS) is 12.1. The number of carbonyl (C=O) groups excluding carboxylic acids is 2. The summed E-state index contributed by atoms with van der Waals surface area (Å²) >= 11 is 0. The Kier molecular flexibility index (Phi) is 8.22. The molecule has 0 heterocycles. The highest BCUT2D eigenvalue weighted by Gasteiger charge is 2.24. The lowest BCUT2D eigenvalue weighted by molar-refractivity contribution is -0.131. The standard InChI is InChI=1S/C19H23N3O3/c1-13(2)7-5-4-6-8-15-9-11-16(12-10-15)18(23)21-17(14(3)20)19(24)22-25/h9-14,17,25H,7,20H2,1-3H3,(H,21,23)(H,22,24)/t14-,17+/m1/s1. The van der Waals surface area contributed by atoms with Gasteiger partial charge in [-0.1, -0.05) is 25.7 Å². The third-order valence-electron chi connectivity index (χ3n) is 3.22. The van der Waals surface area contributed by atoms with Crippen LogP contribution in [0.4, 0.5) is 0 Å². The maximum absolute atomic E-state index is 12.2. The molecule has 0 unspecified atom stereocenters. The summed E-state index contributed by atoms with van der Waals surface area (Å²) in [7, 11) is 0. The predicted octanol–water partition coefficient (Wildman–Crippen LogP) is 1.04. The molecule has 6 nitrogen and oxygen atoms in total. The van der Waals surface area contributed by atoms with Crippen LogP contribution in [0, 0.1) is 29.6 Å². The van der Waals surface area contributed by atoms with Gasteiger partial charge in [-0.15, -0.1) is 0 Å². The molecule has 5 N–H and O–H groups in total.